The van der Waals surface area contributed by atoms with Crippen molar-refractivity contribution in [3.63, 3.8) is 0 Å². The van der Waals surface area contributed by atoms with Crippen molar-refractivity contribution in [1.82, 2.24) is 14.7 Å². The lowest BCUT2D eigenvalue weighted by Gasteiger charge is -2.19. The van der Waals surface area contributed by atoms with Crippen LogP contribution in [0.2, 0.25) is 0 Å². The fraction of sp³-hybridized carbons (Fsp3) is 0.160. The maximum absolute atomic E-state index is 13.6. The molecule has 0 bridgehead atoms. The summed E-state index contributed by atoms with van der Waals surface area (Å²) >= 11 is 0. The molecule has 0 saturated heterocycles. The molecule has 2 aromatic heterocycles. The third kappa shape index (κ3) is 4.67. The van der Waals surface area contributed by atoms with E-state index in [0.717, 1.165) is 4.68 Å². The molecule has 180 valence electrons. The minimum Gasteiger partial charge on any atom is -0.505 e. The SMILES string of the molecule is CC(Nc1c(Nc2cccc(C(=O)N(C)C)c2O)c(=O)n(-c2ccccc2)[nH]c1=O)c1ccco1. The van der Waals surface area contributed by atoms with E-state index in [1.54, 1.807) is 69.6 Å². The molecule has 1 amide bonds. The van der Waals surface area contributed by atoms with Gasteiger partial charge in [0.25, 0.3) is 17.0 Å². The molecule has 10 heteroatoms. The fourth-order valence-electron chi connectivity index (χ4n) is 3.57. The Kier molecular flexibility index (Phi) is 6.45. The van der Waals surface area contributed by atoms with Gasteiger partial charge in [0, 0.05) is 14.1 Å². The van der Waals surface area contributed by atoms with Gasteiger partial charge in [-0.1, -0.05) is 24.3 Å². The molecule has 2 heterocycles. The zero-order chi connectivity index (χ0) is 25.1. The Morgan fingerprint density at radius 1 is 1.03 bits per heavy atom. The smallest absolute Gasteiger partial charge is 0.295 e. The topological polar surface area (TPSA) is 133 Å². The number of hydrogen-bond acceptors (Lipinski definition) is 7. The van der Waals surface area contributed by atoms with Gasteiger partial charge in [-0.25, -0.2) is 4.68 Å². The number of benzene rings is 2. The van der Waals surface area contributed by atoms with Crippen LogP contribution in [-0.2, 0) is 0 Å². The number of anilines is 3. The maximum Gasteiger partial charge on any atom is 0.295 e. The first-order valence-electron chi connectivity index (χ1n) is 10.8. The Morgan fingerprint density at radius 2 is 1.77 bits per heavy atom. The van der Waals surface area contributed by atoms with Crippen molar-refractivity contribution in [3.8, 4) is 11.4 Å². The third-order valence-electron chi connectivity index (χ3n) is 5.38. The van der Waals surface area contributed by atoms with Crippen LogP contribution in [-0.4, -0.2) is 39.8 Å². The van der Waals surface area contributed by atoms with Gasteiger partial charge in [-0.3, -0.25) is 19.5 Å². The molecular weight excluding hydrogens is 450 g/mol. The zero-order valence-electron chi connectivity index (χ0n) is 19.4. The van der Waals surface area contributed by atoms with Gasteiger partial charge in [0.15, 0.2) is 5.75 Å². The van der Waals surface area contributed by atoms with Crippen LogP contribution in [0.1, 0.15) is 29.1 Å². The number of para-hydroxylation sites is 2. The van der Waals surface area contributed by atoms with Crippen molar-refractivity contribution in [2.75, 3.05) is 24.7 Å². The van der Waals surface area contributed by atoms with Crippen molar-refractivity contribution in [3.05, 3.63) is 99.0 Å². The van der Waals surface area contributed by atoms with Crippen LogP contribution in [0.4, 0.5) is 17.1 Å². The third-order valence-corrected chi connectivity index (χ3v) is 5.38. The summed E-state index contributed by atoms with van der Waals surface area (Å²) in [6.45, 7) is 1.78. The van der Waals surface area contributed by atoms with E-state index in [9.17, 15) is 19.5 Å². The number of aromatic amines is 1. The van der Waals surface area contributed by atoms with Gasteiger partial charge in [-0.15, -0.1) is 0 Å². The first kappa shape index (κ1) is 23.4. The monoisotopic (exact) mass is 475 g/mol. The number of rotatable bonds is 7. The second-order valence-corrected chi connectivity index (χ2v) is 8.07. The number of carbonyl (C=O) groups excluding carboxylic acids is 1. The van der Waals surface area contributed by atoms with Crippen LogP contribution in [0, 0.1) is 0 Å². The van der Waals surface area contributed by atoms with Crippen LogP contribution in [0.25, 0.3) is 5.69 Å². The average molecular weight is 476 g/mol. The van der Waals surface area contributed by atoms with Crippen molar-refractivity contribution < 1.29 is 14.3 Å². The molecule has 0 fully saturated rings. The van der Waals surface area contributed by atoms with Crippen molar-refractivity contribution in [2.24, 2.45) is 0 Å². The summed E-state index contributed by atoms with van der Waals surface area (Å²) in [4.78, 5) is 40.5. The van der Waals surface area contributed by atoms with Crippen LogP contribution < -0.4 is 21.8 Å². The van der Waals surface area contributed by atoms with E-state index < -0.39 is 23.1 Å². The standard InChI is InChI=1S/C25H25N5O5/c1-15(19-13-8-14-35-19)26-20-21(25(34)30(28-23(20)32)16-9-5-4-6-10-16)27-18-12-7-11-17(22(18)31)24(33)29(2)3/h4-15,26-27,31H,1-3H3,(H,28,32). The number of nitrogens with one attached hydrogen (secondary N) is 3. The zero-order valence-corrected chi connectivity index (χ0v) is 19.4. The number of hydrogen-bond donors (Lipinski definition) is 4. The summed E-state index contributed by atoms with van der Waals surface area (Å²) in [5.41, 5.74) is -0.719. The Hall–Kier alpha value is -4.73. The van der Waals surface area contributed by atoms with Crippen molar-refractivity contribution in [2.45, 2.75) is 13.0 Å². The van der Waals surface area contributed by atoms with Gasteiger partial charge in [0.05, 0.1) is 29.2 Å². The highest BCUT2D eigenvalue weighted by atomic mass is 16.3. The highest BCUT2D eigenvalue weighted by Crippen LogP contribution is 2.32. The maximum atomic E-state index is 13.6. The largest absolute Gasteiger partial charge is 0.505 e. The molecule has 0 aliphatic carbocycles. The van der Waals surface area contributed by atoms with E-state index in [0.29, 0.717) is 11.4 Å². The van der Waals surface area contributed by atoms with E-state index in [1.807, 2.05) is 0 Å². The minimum atomic E-state index is -0.575. The predicted octanol–water partition coefficient (Wildman–Crippen LogP) is 3.44. The molecule has 0 aliphatic heterocycles. The Balaban J connectivity index is 1.86. The van der Waals surface area contributed by atoms with E-state index >= 15 is 0 Å². The van der Waals surface area contributed by atoms with Gasteiger partial charge >= 0.3 is 0 Å². The number of aromatic nitrogens is 2. The molecule has 1 unspecified atom stereocenters. The quantitative estimate of drug-likeness (QED) is 0.301. The van der Waals surface area contributed by atoms with Crippen LogP contribution >= 0.6 is 0 Å². The summed E-state index contributed by atoms with van der Waals surface area (Å²) < 4.78 is 6.52. The van der Waals surface area contributed by atoms with Gasteiger partial charge in [-0.2, -0.15) is 0 Å². The summed E-state index contributed by atoms with van der Waals surface area (Å²) in [6, 6.07) is 16.2. The van der Waals surface area contributed by atoms with Crippen LogP contribution in [0.5, 0.6) is 5.75 Å². The number of carbonyl (C=O) groups is 1. The molecular formula is C25H25N5O5. The number of H-pyrrole nitrogens is 1. The summed E-state index contributed by atoms with van der Waals surface area (Å²) in [5.74, 6) is -0.199. The van der Waals surface area contributed by atoms with Crippen LogP contribution in [0.3, 0.4) is 0 Å². The second kappa shape index (κ2) is 9.64. The predicted molar refractivity (Wildman–Crippen MR) is 133 cm³/mol. The normalized spacial score (nSPS) is 11.6. The molecule has 0 spiro atoms. The number of nitrogens with zero attached hydrogens (tertiary/aromatic N) is 2. The summed E-state index contributed by atoms with van der Waals surface area (Å²) in [7, 11) is 3.13. The molecule has 1 atom stereocenters. The molecule has 2 aromatic carbocycles. The molecule has 4 aromatic rings. The molecule has 0 saturated carbocycles. The highest BCUT2D eigenvalue weighted by molar-refractivity contribution is 5.98. The molecule has 10 nitrogen and oxygen atoms in total. The molecule has 0 aliphatic rings. The molecule has 35 heavy (non-hydrogen) atoms. The van der Waals surface area contributed by atoms with E-state index in [1.165, 1.54) is 23.3 Å². The van der Waals surface area contributed by atoms with Gasteiger partial charge in [0.1, 0.15) is 17.1 Å². The number of aromatic hydroxyl groups is 1. The average Bonchev–Trinajstić information content (AvgIpc) is 3.39. The van der Waals surface area contributed by atoms with Crippen molar-refractivity contribution in [1.29, 1.82) is 0 Å². The van der Waals surface area contributed by atoms with E-state index in [-0.39, 0.29) is 28.4 Å². The Labute approximate surface area is 200 Å². The van der Waals surface area contributed by atoms with Gasteiger partial charge in [0.2, 0.25) is 0 Å². The van der Waals surface area contributed by atoms with E-state index in [4.69, 9.17) is 4.42 Å². The number of amides is 1. The number of phenols is 1. The molecule has 4 rings (SSSR count). The van der Waals surface area contributed by atoms with Crippen molar-refractivity contribution >= 4 is 23.0 Å². The minimum absolute atomic E-state index is 0.0465. The lowest BCUT2D eigenvalue weighted by Crippen LogP contribution is -2.33. The van der Waals surface area contributed by atoms with Gasteiger partial charge in [-0.05, 0) is 43.3 Å². The Morgan fingerprint density at radius 3 is 2.43 bits per heavy atom. The van der Waals surface area contributed by atoms with Gasteiger partial charge < -0.3 is 25.1 Å². The Bertz CT molecular complexity index is 1460. The lowest BCUT2D eigenvalue weighted by molar-refractivity contribution is 0.0824. The first-order chi connectivity index (χ1) is 16.8. The van der Waals surface area contributed by atoms with Crippen LogP contribution in [0.15, 0.2) is 80.9 Å². The molecule has 4 N–H and O–H groups in total. The summed E-state index contributed by atoms with van der Waals surface area (Å²) in [6.07, 6.45) is 1.51. The fourth-order valence-corrected chi connectivity index (χ4v) is 3.57. The molecule has 0 radical (unpaired) electrons. The second-order valence-electron chi connectivity index (χ2n) is 8.07. The first-order valence-corrected chi connectivity index (χ1v) is 10.8. The van der Waals surface area contributed by atoms with E-state index in [2.05, 4.69) is 15.7 Å². The summed E-state index contributed by atoms with van der Waals surface area (Å²) in [5, 5.41) is 19.3. The highest BCUT2D eigenvalue weighted by Gasteiger charge is 2.22. The lowest BCUT2D eigenvalue weighted by atomic mass is 10.1. The number of furan rings is 1. The number of phenolic OH excluding ortho intramolecular Hbond substituents is 1.